The molecule has 1 saturated carbocycles. The number of ketones is 2. The van der Waals surface area contributed by atoms with E-state index in [0.29, 0.717) is 0 Å². The van der Waals surface area contributed by atoms with Gasteiger partial charge >= 0.3 is 0 Å². The monoisotopic (exact) mass is 520 g/mol. The van der Waals surface area contributed by atoms with E-state index in [4.69, 9.17) is 0 Å². The molecule has 2 bridgehead atoms. The van der Waals surface area contributed by atoms with Crippen molar-refractivity contribution >= 4 is 28.3 Å². The maximum atomic E-state index is 15.4. The Hall–Kier alpha value is -4.30. The smallest absolute Gasteiger partial charge is 0.167 e. The van der Waals surface area contributed by atoms with E-state index in [0.717, 1.165) is 44.5 Å². The molecule has 4 aromatic carbocycles. The molecule has 0 N–H and O–H groups in total. The number of benzene rings is 4. The molecule has 4 atom stereocenters. The van der Waals surface area contributed by atoms with Crippen LogP contribution >= 0.6 is 0 Å². The summed E-state index contributed by atoms with van der Waals surface area (Å²) in [5.41, 5.74) is 3.79. The van der Waals surface area contributed by atoms with Crippen molar-refractivity contribution in [3.63, 3.8) is 0 Å². The highest BCUT2D eigenvalue weighted by Gasteiger charge is 2.88. The van der Waals surface area contributed by atoms with E-state index in [1.165, 1.54) is 0 Å². The van der Waals surface area contributed by atoms with E-state index < -0.39 is 21.7 Å². The van der Waals surface area contributed by atoms with Crippen LogP contribution in [0, 0.1) is 16.2 Å². The number of allylic oxidation sites excluding steroid dienone is 4. The summed E-state index contributed by atoms with van der Waals surface area (Å²) in [5, 5.41) is 0. The average molecular weight is 521 g/mol. The van der Waals surface area contributed by atoms with E-state index in [9.17, 15) is 4.79 Å². The molecule has 0 heterocycles. The zero-order chi connectivity index (χ0) is 27.9. The molecule has 2 heteroatoms. The first-order valence-electron chi connectivity index (χ1n) is 14.1. The third-order valence-electron chi connectivity index (χ3n) is 10.6. The molecule has 0 unspecified atom stereocenters. The SMILES string of the molecule is CC1=C(c2ccccc2)[C@@]2(c3ccccc3)[C@]3(C)C(=O)[C@@](C)(C(c4ccccc4)=C3c3ccccc3)[C@@]2(C)C1=O. The molecular formula is C38H32O2. The van der Waals surface area contributed by atoms with Crippen molar-refractivity contribution < 1.29 is 9.59 Å². The van der Waals surface area contributed by atoms with Gasteiger partial charge in [0, 0.05) is 0 Å². The molecule has 196 valence electrons. The number of Topliss-reactive ketones (excluding diaryl/α,β-unsaturated/α-hetero) is 2. The lowest BCUT2D eigenvalue weighted by molar-refractivity contribution is -0.134. The zero-order valence-corrected chi connectivity index (χ0v) is 23.4. The van der Waals surface area contributed by atoms with Crippen LogP contribution in [-0.4, -0.2) is 11.6 Å². The number of rotatable bonds is 4. The van der Waals surface area contributed by atoms with Crippen LogP contribution < -0.4 is 0 Å². The Labute approximate surface area is 236 Å². The molecule has 40 heavy (non-hydrogen) atoms. The van der Waals surface area contributed by atoms with Gasteiger partial charge in [0.2, 0.25) is 0 Å². The van der Waals surface area contributed by atoms with Crippen LogP contribution in [0.1, 0.15) is 49.9 Å². The summed E-state index contributed by atoms with van der Waals surface area (Å²) in [4.78, 5) is 30.3. The predicted molar refractivity (Wildman–Crippen MR) is 161 cm³/mol. The molecule has 0 saturated heterocycles. The summed E-state index contributed by atoms with van der Waals surface area (Å²) in [6.07, 6.45) is 0. The minimum Gasteiger partial charge on any atom is -0.298 e. The van der Waals surface area contributed by atoms with Crippen molar-refractivity contribution in [1.82, 2.24) is 0 Å². The Balaban J connectivity index is 1.73. The number of hydrogen-bond donors (Lipinski definition) is 0. The highest BCUT2D eigenvalue weighted by Crippen LogP contribution is 2.86. The van der Waals surface area contributed by atoms with E-state index in [1.807, 2.05) is 79.7 Å². The van der Waals surface area contributed by atoms with Gasteiger partial charge in [0.1, 0.15) is 0 Å². The number of carbonyl (C=O) groups excluding carboxylic acids is 2. The third-order valence-corrected chi connectivity index (χ3v) is 10.6. The molecule has 3 aliphatic carbocycles. The second kappa shape index (κ2) is 8.11. The van der Waals surface area contributed by atoms with Gasteiger partial charge in [-0.05, 0) is 72.2 Å². The summed E-state index contributed by atoms with van der Waals surface area (Å²) in [5.74, 6) is 0.189. The molecule has 7 rings (SSSR count). The van der Waals surface area contributed by atoms with E-state index in [-0.39, 0.29) is 11.6 Å². The molecule has 1 fully saturated rings. The van der Waals surface area contributed by atoms with E-state index in [1.54, 1.807) is 0 Å². The molecule has 0 spiro atoms. The van der Waals surface area contributed by atoms with Crippen molar-refractivity contribution in [2.75, 3.05) is 0 Å². The van der Waals surface area contributed by atoms with Crippen LogP contribution in [0.4, 0.5) is 0 Å². The van der Waals surface area contributed by atoms with Crippen molar-refractivity contribution in [3.05, 3.63) is 149 Å². The van der Waals surface area contributed by atoms with E-state index >= 15 is 4.79 Å². The van der Waals surface area contributed by atoms with Gasteiger partial charge in [-0.25, -0.2) is 0 Å². The Morgan fingerprint density at radius 2 is 0.850 bits per heavy atom. The van der Waals surface area contributed by atoms with Crippen LogP contribution in [0.2, 0.25) is 0 Å². The Kier molecular flexibility index (Phi) is 5.01. The average Bonchev–Trinajstić information content (AvgIpc) is 3.37. The van der Waals surface area contributed by atoms with Crippen LogP contribution in [-0.2, 0) is 15.0 Å². The van der Waals surface area contributed by atoms with Gasteiger partial charge < -0.3 is 0 Å². The Bertz CT molecular complexity index is 1750. The van der Waals surface area contributed by atoms with Crippen LogP contribution in [0.25, 0.3) is 16.7 Å². The number of carbonyl (C=O) groups is 2. The molecule has 0 aliphatic heterocycles. The summed E-state index contributed by atoms with van der Waals surface area (Å²) in [6.45, 7) is 8.23. The summed E-state index contributed by atoms with van der Waals surface area (Å²) in [7, 11) is 0. The minimum atomic E-state index is -1.06. The first-order valence-corrected chi connectivity index (χ1v) is 14.1. The Morgan fingerprint density at radius 3 is 1.30 bits per heavy atom. The van der Waals surface area contributed by atoms with Crippen molar-refractivity contribution in [2.24, 2.45) is 16.2 Å². The fraction of sp³-hybridized carbons (Fsp3) is 0.211. The fourth-order valence-corrected chi connectivity index (χ4v) is 9.13. The second-order valence-corrected chi connectivity index (χ2v) is 12.0. The van der Waals surface area contributed by atoms with Gasteiger partial charge in [0.05, 0.1) is 21.7 Å². The van der Waals surface area contributed by atoms with Crippen molar-refractivity contribution in [2.45, 2.75) is 33.1 Å². The normalized spacial score (nSPS) is 30.8. The van der Waals surface area contributed by atoms with Gasteiger partial charge in [0.25, 0.3) is 0 Å². The summed E-state index contributed by atoms with van der Waals surface area (Å²) >= 11 is 0. The van der Waals surface area contributed by atoms with Gasteiger partial charge in [-0.2, -0.15) is 0 Å². The standard InChI is InChI=1S/C38H32O2/c1-25-30(26-17-9-5-10-18-26)38(29-23-15-8-16-24-29)36(3)32(28-21-13-7-14-22-28)31(27-19-11-6-12-20-27)35(2,34(36)40)37(38,4)33(25)39/h5-24H,1-4H3/t35-,36+,37-,38+/m1/s1. The molecule has 4 aromatic rings. The van der Waals surface area contributed by atoms with Gasteiger partial charge in [-0.15, -0.1) is 0 Å². The first kappa shape index (κ1) is 24.7. The molecule has 2 nitrogen and oxygen atoms in total. The van der Waals surface area contributed by atoms with Crippen LogP contribution in [0.3, 0.4) is 0 Å². The maximum absolute atomic E-state index is 15.4. The highest BCUT2D eigenvalue weighted by atomic mass is 16.1. The lowest BCUT2D eigenvalue weighted by atomic mass is 9.43. The van der Waals surface area contributed by atoms with E-state index in [2.05, 4.69) is 69.3 Å². The van der Waals surface area contributed by atoms with Gasteiger partial charge in [-0.3, -0.25) is 9.59 Å². The zero-order valence-electron chi connectivity index (χ0n) is 23.4. The fourth-order valence-electron chi connectivity index (χ4n) is 9.13. The van der Waals surface area contributed by atoms with Crippen molar-refractivity contribution in [1.29, 1.82) is 0 Å². The van der Waals surface area contributed by atoms with Gasteiger partial charge in [-0.1, -0.05) is 121 Å². The first-order chi connectivity index (χ1) is 19.3. The summed E-state index contributed by atoms with van der Waals surface area (Å²) in [6, 6.07) is 41.1. The maximum Gasteiger partial charge on any atom is 0.167 e. The molecule has 0 amide bonds. The molecular weight excluding hydrogens is 488 g/mol. The van der Waals surface area contributed by atoms with Crippen molar-refractivity contribution in [3.8, 4) is 0 Å². The topological polar surface area (TPSA) is 34.1 Å². The molecule has 0 aromatic heterocycles. The molecule has 3 aliphatic rings. The Morgan fingerprint density at radius 1 is 0.475 bits per heavy atom. The van der Waals surface area contributed by atoms with Crippen LogP contribution in [0.5, 0.6) is 0 Å². The molecule has 0 radical (unpaired) electrons. The lowest BCUT2D eigenvalue weighted by Gasteiger charge is -2.55. The second-order valence-electron chi connectivity index (χ2n) is 12.0. The van der Waals surface area contributed by atoms with Gasteiger partial charge in [0.15, 0.2) is 11.6 Å². The van der Waals surface area contributed by atoms with Crippen LogP contribution in [0.15, 0.2) is 127 Å². The quantitative estimate of drug-likeness (QED) is 0.272. The summed E-state index contributed by atoms with van der Waals surface area (Å²) < 4.78 is 0. The lowest BCUT2D eigenvalue weighted by Crippen LogP contribution is -2.56. The highest BCUT2D eigenvalue weighted by molar-refractivity contribution is 6.33. The number of hydrogen-bond acceptors (Lipinski definition) is 2. The minimum absolute atomic E-state index is 0.0651. The largest absolute Gasteiger partial charge is 0.298 e. The number of fused-ring (bicyclic) bond motifs is 5. The predicted octanol–water partition coefficient (Wildman–Crippen LogP) is 8.21. The third kappa shape index (κ3) is 2.47.